The summed E-state index contributed by atoms with van der Waals surface area (Å²) in [5.74, 6) is 0.178. The second-order valence-corrected chi connectivity index (χ2v) is 3.86. The van der Waals surface area contributed by atoms with Crippen molar-refractivity contribution in [3.05, 3.63) is 36.1 Å². The fraction of sp³-hybridized carbons (Fsp3) is 0.250. The summed E-state index contributed by atoms with van der Waals surface area (Å²) in [6, 6.07) is 9.44. The van der Waals surface area contributed by atoms with Crippen molar-refractivity contribution in [2.24, 2.45) is 0 Å². The minimum Gasteiger partial charge on any atom is -0.451 e. The normalized spacial score (nSPS) is 16.0. The van der Waals surface area contributed by atoms with E-state index < -0.39 is 0 Å². The number of amides is 1. The molecule has 16 heavy (non-hydrogen) atoms. The summed E-state index contributed by atoms with van der Waals surface area (Å²) in [6.45, 7) is 1.18. The number of para-hydroxylation sites is 1. The first-order chi connectivity index (χ1) is 7.83. The summed E-state index contributed by atoms with van der Waals surface area (Å²) in [5.41, 5.74) is 0.734. The number of fused-ring (bicyclic) bond motifs is 1. The third kappa shape index (κ3) is 1.57. The number of rotatable bonds is 2. The molecule has 1 N–H and O–H groups in total. The molecule has 82 valence electrons. The highest BCUT2D eigenvalue weighted by molar-refractivity contribution is 5.96. The first-order valence-corrected chi connectivity index (χ1v) is 5.20. The zero-order valence-electron chi connectivity index (χ0n) is 8.60. The second-order valence-electron chi connectivity index (χ2n) is 3.86. The van der Waals surface area contributed by atoms with Gasteiger partial charge in [0, 0.05) is 5.39 Å². The van der Waals surface area contributed by atoms with Crippen LogP contribution in [0.3, 0.4) is 0 Å². The van der Waals surface area contributed by atoms with Crippen molar-refractivity contribution in [2.45, 2.75) is 6.04 Å². The minimum atomic E-state index is -0.176. The number of carbonyl (C=O) groups is 1. The van der Waals surface area contributed by atoms with E-state index in [-0.39, 0.29) is 11.9 Å². The molecule has 2 aromatic rings. The molecule has 0 radical (unpaired) electrons. The fourth-order valence-corrected chi connectivity index (χ4v) is 1.67. The van der Waals surface area contributed by atoms with E-state index in [1.54, 1.807) is 6.07 Å². The van der Waals surface area contributed by atoms with E-state index in [4.69, 9.17) is 9.15 Å². The Morgan fingerprint density at radius 2 is 2.12 bits per heavy atom. The topological polar surface area (TPSA) is 51.5 Å². The van der Waals surface area contributed by atoms with Crippen LogP contribution < -0.4 is 5.32 Å². The molecule has 0 spiro atoms. The van der Waals surface area contributed by atoms with Crippen molar-refractivity contribution in [1.29, 1.82) is 0 Å². The lowest BCUT2D eigenvalue weighted by Crippen LogP contribution is -2.48. The van der Waals surface area contributed by atoms with Gasteiger partial charge in [0.15, 0.2) is 5.76 Å². The van der Waals surface area contributed by atoms with E-state index in [2.05, 4.69) is 5.32 Å². The van der Waals surface area contributed by atoms with Gasteiger partial charge in [-0.25, -0.2) is 0 Å². The number of hydrogen-bond donors (Lipinski definition) is 1. The molecule has 1 saturated heterocycles. The number of hydrogen-bond acceptors (Lipinski definition) is 3. The average molecular weight is 217 g/mol. The van der Waals surface area contributed by atoms with Crippen molar-refractivity contribution in [3.63, 3.8) is 0 Å². The lowest BCUT2D eigenvalue weighted by atomic mass is 10.2. The summed E-state index contributed by atoms with van der Waals surface area (Å²) in [7, 11) is 0. The molecule has 0 atom stereocenters. The Morgan fingerprint density at radius 1 is 1.31 bits per heavy atom. The Balaban J connectivity index is 1.84. The van der Waals surface area contributed by atoms with Crippen molar-refractivity contribution < 1.29 is 13.9 Å². The van der Waals surface area contributed by atoms with Crippen LogP contribution in [0.15, 0.2) is 34.7 Å². The van der Waals surface area contributed by atoms with Crippen molar-refractivity contribution >= 4 is 16.9 Å². The Morgan fingerprint density at radius 3 is 2.81 bits per heavy atom. The van der Waals surface area contributed by atoms with Crippen LogP contribution in [0.4, 0.5) is 0 Å². The van der Waals surface area contributed by atoms with E-state index in [9.17, 15) is 4.79 Å². The first-order valence-electron chi connectivity index (χ1n) is 5.20. The number of ether oxygens (including phenoxy) is 1. The van der Waals surface area contributed by atoms with E-state index in [1.807, 2.05) is 24.3 Å². The van der Waals surface area contributed by atoms with Crippen LogP contribution in [0.25, 0.3) is 11.0 Å². The predicted octanol–water partition coefficient (Wildman–Crippen LogP) is 1.56. The summed E-state index contributed by atoms with van der Waals surface area (Å²) in [6.07, 6.45) is 0. The van der Waals surface area contributed by atoms with Crippen molar-refractivity contribution in [3.8, 4) is 0 Å². The molecule has 1 aliphatic heterocycles. The highest BCUT2D eigenvalue weighted by Gasteiger charge is 2.22. The van der Waals surface area contributed by atoms with Gasteiger partial charge in [-0.05, 0) is 12.1 Å². The zero-order chi connectivity index (χ0) is 11.0. The van der Waals surface area contributed by atoms with Crippen LogP contribution in [0, 0.1) is 0 Å². The zero-order valence-corrected chi connectivity index (χ0v) is 8.60. The van der Waals surface area contributed by atoms with E-state index in [1.165, 1.54) is 0 Å². The van der Waals surface area contributed by atoms with E-state index in [0.717, 1.165) is 11.0 Å². The molecule has 0 aliphatic carbocycles. The van der Waals surface area contributed by atoms with Crippen LogP contribution in [-0.2, 0) is 4.74 Å². The molecule has 2 heterocycles. The largest absolute Gasteiger partial charge is 0.451 e. The van der Waals surface area contributed by atoms with E-state index >= 15 is 0 Å². The highest BCUT2D eigenvalue weighted by Crippen LogP contribution is 2.18. The molecule has 1 fully saturated rings. The molecule has 3 rings (SSSR count). The van der Waals surface area contributed by atoms with Crippen LogP contribution in [-0.4, -0.2) is 25.2 Å². The molecule has 0 saturated carbocycles. The molecule has 1 aliphatic rings. The molecule has 1 amide bonds. The lowest BCUT2D eigenvalue weighted by Gasteiger charge is -2.26. The monoisotopic (exact) mass is 217 g/mol. The first kappa shape index (κ1) is 9.42. The number of nitrogens with one attached hydrogen (secondary N) is 1. The number of benzene rings is 1. The fourth-order valence-electron chi connectivity index (χ4n) is 1.67. The summed E-state index contributed by atoms with van der Waals surface area (Å²) in [4.78, 5) is 11.8. The predicted molar refractivity (Wildman–Crippen MR) is 58.3 cm³/mol. The third-order valence-corrected chi connectivity index (χ3v) is 2.62. The second kappa shape index (κ2) is 3.64. The quantitative estimate of drug-likeness (QED) is 0.830. The molecule has 0 unspecified atom stereocenters. The highest BCUT2D eigenvalue weighted by atomic mass is 16.5. The Kier molecular flexibility index (Phi) is 2.15. The molecule has 1 aromatic carbocycles. The average Bonchev–Trinajstić information content (AvgIpc) is 2.66. The molecule has 0 bridgehead atoms. The maximum Gasteiger partial charge on any atom is 0.287 e. The van der Waals surface area contributed by atoms with Gasteiger partial charge in [0.05, 0.1) is 19.3 Å². The van der Waals surface area contributed by atoms with Gasteiger partial charge in [0.2, 0.25) is 0 Å². The van der Waals surface area contributed by atoms with E-state index in [0.29, 0.717) is 19.0 Å². The van der Waals surface area contributed by atoms with Crippen molar-refractivity contribution in [1.82, 2.24) is 5.32 Å². The minimum absolute atomic E-state index is 0.126. The molecular formula is C12H11NO3. The van der Waals surface area contributed by atoms with Gasteiger partial charge < -0.3 is 14.5 Å². The van der Waals surface area contributed by atoms with Crippen LogP contribution in [0.5, 0.6) is 0 Å². The summed E-state index contributed by atoms with van der Waals surface area (Å²) < 4.78 is 10.4. The Bertz CT molecular complexity index is 495. The molecule has 4 heteroatoms. The molecule has 1 aromatic heterocycles. The SMILES string of the molecule is O=C(NC1COC1)c1cc2ccccc2o1. The number of carbonyl (C=O) groups excluding carboxylic acids is 1. The van der Waals surface area contributed by atoms with Gasteiger partial charge in [-0.3, -0.25) is 4.79 Å². The number of furan rings is 1. The van der Waals surface area contributed by atoms with Crippen molar-refractivity contribution in [2.75, 3.05) is 13.2 Å². The summed E-state index contributed by atoms with van der Waals surface area (Å²) in [5, 5.41) is 3.78. The van der Waals surface area contributed by atoms with Crippen LogP contribution >= 0.6 is 0 Å². The van der Waals surface area contributed by atoms with Gasteiger partial charge >= 0.3 is 0 Å². The van der Waals surface area contributed by atoms with Crippen LogP contribution in [0.1, 0.15) is 10.6 Å². The Hall–Kier alpha value is -1.81. The molecular weight excluding hydrogens is 206 g/mol. The standard InChI is InChI=1S/C12H11NO3/c14-12(13-9-6-15-7-9)11-5-8-3-1-2-4-10(8)16-11/h1-5,9H,6-7H2,(H,13,14). The van der Waals surface area contributed by atoms with Gasteiger partial charge in [0.25, 0.3) is 5.91 Å². The smallest absolute Gasteiger partial charge is 0.287 e. The van der Waals surface area contributed by atoms with Gasteiger partial charge in [-0.2, -0.15) is 0 Å². The lowest BCUT2D eigenvalue weighted by molar-refractivity contribution is -0.00386. The van der Waals surface area contributed by atoms with Gasteiger partial charge in [-0.15, -0.1) is 0 Å². The molecule has 4 nitrogen and oxygen atoms in total. The Labute approximate surface area is 92.2 Å². The van der Waals surface area contributed by atoms with Gasteiger partial charge in [-0.1, -0.05) is 18.2 Å². The third-order valence-electron chi connectivity index (χ3n) is 2.62. The maximum absolute atomic E-state index is 11.8. The van der Waals surface area contributed by atoms with Gasteiger partial charge in [0.1, 0.15) is 5.58 Å². The maximum atomic E-state index is 11.8. The summed E-state index contributed by atoms with van der Waals surface area (Å²) >= 11 is 0. The van der Waals surface area contributed by atoms with Crippen LogP contribution in [0.2, 0.25) is 0 Å².